The summed E-state index contributed by atoms with van der Waals surface area (Å²) in [6.07, 6.45) is 3.12. The quantitative estimate of drug-likeness (QED) is 0.569. The predicted molar refractivity (Wildman–Crippen MR) is 117 cm³/mol. The molecule has 3 aromatic rings. The van der Waals surface area contributed by atoms with Crippen molar-refractivity contribution in [3.8, 4) is 11.8 Å². The van der Waals surface area contributed by atoms with E-state index in [4.69, 9.17) is 4.74 Å². The van der Waals surface area contributed by atoms with Crippen LogP contribution in [0.5, 0.6) is 0 Å². The minimum absolute atomic E-state index is 0.0255. The van der Waals surface area contributed by atoms with Gasteiger partial charge in [-0.05, 0) is 46.7 Å². The van der Waals surface area contributed by atoms with E-state index in [1.165, 1.54) is 17.1 Å². The lowest BCUT2D eigenvalue weighted by atomic mass is 9.96. The van der Waals surface area contributed by atoms with Crippen LogP contribution in [0.2, 0.25) is 0 Å². The Balaban J connectivity index is 1.19. The van der Waals surface area contributed by atoms with Crippen LogP contribution in [-0.2, 0) is 16.0 Å². The zero-order chi connectivity index (χ0) is 23.7. The number of piperazine rings is 1. The zero-order valence-electron chi connectivity index (χ0n) is 18.6. The van der Waals surface area contributed by atoms with E-state index in [2.05, 4.69) is 25.4 Å². The Labute approximate surface area is 195 Å². The molecule has 2 aliphatic heterocycles. The zero-order valence-corrected chi connectivity index (χ0v) is 18.6. The van der Waals surface area contributed by atoms with Gasteiger partial charge in [-0.1, -0.05) is 6.07 Å². The lowest BCUT2D eigenvalue weighted by Crippen LogP contribution is -2.59. The van der Waals surface area contributed by atoms with Gasteiger partial charge >= 0.3 is 0 Å². The topological polar surface area (TPSA) is 113 Å². The van der Waals surface area contributed by atoms with Crippen LogP contribution >= 0.6 is 0 Å². The molecule has 2 aromatic heterocycles. The third-order valence-corrected chi connectivity index (χ3v) is 6.52. The Morgan fingerprint density at radius 3 is 2.88 bits per heavy atom. The molecule has 0 saturated carbocycles. The highest BCUT2D eigenvalue weighted by atomic mass is 19.1. The average molecular weight is 462 g/mol. The number of nitriles is 1. The minimum atomic E-state index is -0.510. The summed E-state index contributed by atoms with van der Waals surface area (Å²) in [5.41, 5.74) is 2.94. The third kappa shape index (κ3) is 4.25. The fourth-order valence-electron chi connectivity index (χ4n) is 4.58. The Morgan fingerprint density at radius 2 is 2.15 bits per heavy atom. The summed E-state index contributed by atoms with van der Waals surface area (Å²) in [6, 6.07) is 8.71. The van der Waals surface area contributed by atoms with Crippen molar-refractivity contribution in [2.75, 3.05) is 32.8 Å². The molecule has 4 heterocycles. The summed E-state index contributed by atoms with van der Waals surface area (Å²) in [5.74, 6) is -0.485. The second-order valence-corrected chi connectivity index (χ2v) is 8.50. The number of fused-ring (bicyclic) bond motifs is 1. The summed E-state index contributed by atoms with van der Waals surface area (Å²) in [5, 5.41) is 20.3. The number of carbonyl (C=O) groups excluding carboxylic acids is 1. The van der Waals surface area contributed by atoms with Crippen molar-refractivity contribution in [2.45, 2.75) is 25.5 Å². The highest BCUT2D eigenvalue weighted by Crippen LogP contribution is 2.31. The molecule has 0 spiro atoms. The molecule has 34 heavy (non-hydrogen) atoms. The molecule has 0 N–H and O–H groups in total. The van der Waals surface area contributed by atoms with Crippen molar-refractivity contribution in [2.24, 2.45) is 0 Å². The summed E-state index contributed by atoms with van der Waals surface area (Å²) in [7, 11) is 0. The number of tetrazole rings is 1. The van der Waals surface area contributed by atoms with E-state index >= 15 is 0 Å². The number of hydrogen-bond donors (Lipinski definition) is 0. The molecule has 0 bridgehead atoms. The van der Waals surface area contributed by atoms with Gasteiger partial charge in [0.2, 0.25) is 5.91 Å². The number of hydrogen-bond acceptors (Lipinski definition) is 8. The van der Waals surface area contributed by atoms with E-state index < -0.39 is 5.82 Å². The standard InChI is InChI=1S/C23H23FN8O2/c1-15-19(4-5-21(24)20(15)9-25)22-12-30-6-7-31(11-18(30)13-34-22)23(33)8-16-2-3-17(10-26-16)32-14-27-28-29-32/h2-5,10,14,18,22H,6-8,11-13H2,1H3/t18?,22-/m1/s1. The first-order valence-electron chi connectivity index (χ1n) is 11.0. The van der Waals surface area contributed by atoms with E-state index in [0.717, 1.165) is 17.8 Å². The Kier molecular flexibility index (Phi) is 6.00. The Morgan fingerprint density at radius 1 is 1.26 bits per heavy atom. The molecular formula is C23H23FN8O2. The number of nitrogens with zero attached hydrogens (tertiary/aromatic N) is 8. The molecule has 1 amide bonds. The molecule has 2 aliphatic rings. The van der Waals surface area contributed by atoms with Crippen LogP contribution in [0.15, 0.2) is 36.8 Å². The number of carbonyl (C=O) groups is 1. The normalized spacial score (nSPS) is 20.6. The van der Waals surface area contributed by atoms with Crippen molar-refractivity contribution >= 4 is 5.91 Å². The van der Waals surface area contributed by atoms with Crippen molar-refractivity contribution in [1.82, 2.24) is 35.0 Å². The molecule has 10 nitrogen and oxygen atoms in total. The van der Waals surface area contributed by atoms with Gasteiger partial charge in [0, 0.05) is 31.9 Å². The molecule has 2 fully saturated rings. The number of pyridine rings is 1. The summed E-state index contributed by atoms with van der Waals surface area (Å²) >= 11 is 0. The van der Waals surface area contributed by atoms with Crippen LogP contribution in [0.4, 0.5) is 4.39 Å². The van der Waals surface area contributed by atoms with Gasteiger partial charge in [-0.15, -0.1) is 5.10 Å². The molecule has 2 atom stereocenters. The van der Waals surface area contributed by atoms with E-state index in [1.807, 2.05) is 17.0 Å². The average Bonchev–Trinajstić information content (AvgIpc) is 3.39. The second kappa shape index (κ2) is 9.24. The number of amides is 1. The van der Waals surface area contributed by atoms with E-state index in [0.29, 0.717) is 37.5 Å². The smallest absolute Gasteiger partial charge is 0.228 e. The molecule has 5 rings (SSSR count). The molecule has 2 saturated heterocycles. The maximum absolute atomic E-state index is 13.9. The van der Waals surface area contributed by atoms with Crippen LogP contribution in [-0.4, -0.2) is 79.7 Å². The van der Waals surface area contributed by atoms with Crippen molar-refractivity contribution in [3.05, 3.63) is 65.0 Å². The van der Waals surface area contributed by atoms with E-state index in [1.54, 1.807) is 25.3 Å². The van der Waals surface area contributed by atoms with Crippen LogP contribution in [0, 0.1) is 24.1 Å². The van der Waals surface area contributed by atoms with Crippen molar-refractivity contribution in [1.29, 1.82) is 5.26 Å². The molecule has 0 aliphatic carbocycles. The lowest BCUT2D eigenvalue weighted by molar-refractivity contribution is -0.139. The monoisotopic (exact) mass is 462 g/mol. The van der Waals surface area contributed by atoms with Gasteiger partial charge in [0.25, 0.3) is 0 Å². The van der Waals surface area contributed by atoms with Crippen molar-refractivity contribution in [3.63, 3.8) is 0 Å². The Hall–Kier alpha value is -3.75. The number of ether oxygens (including phenoxy) is 1. The maximum atomic E-state index is 13.9. The number of halogens is 1. The molecule has 11 heteroatoms. The first kappa shape index (κ1) is 22.1. The van der Waals surface area contributed by atoms with Gasteiger partial charge in [0.1, 0.15) is 18.2 Å². The van der Waals surface area contributed by atoms with Gasteiger partial charge in [-0.2, -0.15) is 9.94 Å². The minimum Gasteiger partial charge on any atom is -0.370 e. The summed E-state index contributed by atoms with van der Waals surface area (Å²) < 4.78 is 21.5. The number of rotatable bonds is 4. The van der Waals surface area contributed by atoms with Gasteiger partial charge < -0.3 is 9.64 Å². The number of morpholine rings is 1. The van der Waals surface area contributed by atoms with Gasteiger partial charge in [0.15, 0.2) is 0 Å². The van der Waals surface area contributed by atoms with Crippen LogP contribution < -0.4 is 0 Å². The molecule has 1 aromatic carbocycles. The van der Waals surface area contributed by atoms with Crippen LogP contribution in [0.3, 0.4) is 0 Å². The number of benzene rings is 1. The van der Waals surface area contributed by atoms with Gasteiger partial charge in [-0.25, -0.2) is 4.39 Å². The maximum Gasteiger partial charge on any atom is 0.228 e. The van der Waals surface area contributed by atoms with Crippen LogP contribution in [0.1, 0.15) is 28.5 Å². The van der Waals surface area contributed by atoms with E-state index in [9.17, 15) is 14.4 Å². The first-order valence-corrected chi connectivity index (χ1v) is 11.0. The fourth-order valence-corrected chi connectivity index (χ4v) is 4.58. The predicted octanol–water partition coefficient (Wildman–Crippen LogP) is 1.20. The van der Waals surface area contributed by atoms with E-state index in [-0.39, 0.29) is 30.0 Å². The summed E-state index contributed by atoms with van der Waals surface area (Å²) in [6.45, 7) is 4.80. The van der Waals surface area contributed by atoms with Crippen LogP contribution in [0.25, 0.3) is 5.69 Å². The second-order valence-electron chi connectivity index (χ2n) is 8.50. The Bertz CT molecular complexity index is 1230. The largest absolute Gasteiger partial charge is 0.370 e. The fraction of sp³-hybridized carbons (Fsp3) is 0.391. The molecular weight excluding hydrogens is 439 g/mol. The molecule has 1 unspecified atom stereocenters. The number of aromatic nitrogens is 5. The third-order valence-electron chi connectivity index (χ3n) is 6.52. The first-order chi connectivity index (χ1) is 16.5. The molecule has 174 valence electrons. The van der Waals surface area contributed by atoms with Gasteiger partial charge in [0.05, 0.1) is 42.6 Å². The highest BCUT2D eigenvalue weighted by molar-refractivity contribution is 5.78. The molecule has 0 radical (unpaired) electrons. The SMILES string of the molecule is Cc1c([C@H]2CN3CCN(C(=O)Cc4ccc(-n5cnnn5)cn4)CC3CO2)ccc(F)c1C#N. The highest BCUT2D eigenvalue weighted by Gasteiger charge is 2.36. The van der Waals surface area contributed by atoms with Crippen molar-refractivity contribution < 1.29 is 13.9 Å². The summed E-state index contributed by atoms with van der Waals surface area (Å²) in [4.78, 5) is 21.5. The van der Waals surface area contributed by atoms with Gasteiger partial charge in [-0.3, -0.25) is 14.7 Å². The lowest BCUT2D eigenvalue weighted by Gasteiger charge is -2.46.